The van der Waals surface area contributed by atoms with E-state index in [-0.39, 0.29) is 36.2 Å². The molecule has 0 aliphatic carbocycles. The molecule has 8 heteroatoms. The van der Waals surface area contributed by atoms with Gasteiger partial charge in [-0.05, 0) is 36.9 Å². The number of nitrogens with one attached hydrogen (secondary N) is 3. The van der Waals surface area contributed by atoms with Gasteiger partial charge in [0.25, 0.3) is 5.91 Å². The van der Waals surface area contributed by atoms with Crippen molar-refractivity contribution in [3.63, 3.8) is 0 Å². The van der Waals surface area contributed by atoms with Crippen molar-refractivity contribution in [3.8, 4) is 11.5 Å². The van der Waals surface area contributed by atoms with Crippen LogP contribution in [0.25, 0.3) is 0 Å². The third kappa shape index (κ3) is 6.27. The third-order valence-electron chi connectivity index (χ3n) is 5.00. The standard InChI is InChI=1S/C20H31N3O4.ClH/c1-12(2)18(20(25)22-17-11-21-7-6-13(17)3)23-19(24)14-8-15(26-4)10-16(9-14)27-5;/h8-10,12-13,17-18,21H,6-7,11H2,1-5H3,(H,22,25)(H,23,24);1H. The zero-order chi connectivity index (χ0) is 20.0. The molecule has 3 N–H and O–H groups in total. The number of methoxy groups -OCH3 is 2. The van der Waals surface area contributed by atoms with Gasteiger partial charge in [0.2, 0.25) is 5.91 Å². The number of rotatable bonds is 7. The summed E-state index contributed by atoms with van der Waals surface area (Å²) in [6.45, 7) is 7.68. The maximum absolute atomic E-state index is 12.8. The van der Waals surface area contributed by atoms with Crippen molar-refractivity contribution in [2.75, 3.05) is 27.3 Å². The summed E-state index contributed by atoms with van der Waals surface area (Å²) in [5.74, 6) is 0.901. The van der Waals surface area contributed by atoms with Crippen molar-refractivity contribution < 1.29 is 19.1 Å². The number of halogens is 1. The molecule has 1 aromatic rings. The van der Waals surface area contributed by atoms with E-state index in [2.05, 4.69) is 22.9 Å². The lowest BCUT2D eigenvalue weighted by molar-refractivity contribution is -0.125. The van der Waals surface area contributed by atoms with E-state index in [0.29, 0.717) is 23.0 Å². The summed E-state index contributed by atoms with van der Waals surface area (Å²) in [7, 11) is 3.06. The Labute approximate surface area is 173 Å². The lowest BCUT2D eigenvalue weighted by Crippen LogP contribution is -2.56. The molecule has 1 fully saturated rings. The SMILES string of the molecule is COc1cc(OC)cc(C(=O)NC(C(=O)NC2CNCCC2C)C(C)C)c1.Cl. The minimum Gasteiger partial charge on any atom is -0.497 e. The summed E-state index contributed by atoms with van der Waals surface area (Å²) >= 11 is 0. The van der Waals surface area contributed by atoms with Crippen LogP contribution in [0, 0.1) is 11.8 Å². The second-order valence-electron chi connectivity index (χ2n) is 7.38. The highest BCUT2D eigenvalue weighted by molar-refractivity contribution is 5.98. The molecule has 0 aromatic heterocycles. The van der Waals surface area contributed by atoms with Gasteiger partial charge in [-0.1, -0.05) is 20.8 Å². The number of hydrogen-bond acceptors (Lipinski definition) is 5. The van der Waals surface area contributed by atoms with E-state index in [1.54, 1.807) is 18.2 Å². The van der Waals surface area contributed by atoms with Crippen LogP contribution in [0.15, 0.2) is 18.2 Å². The van der Waals surface area contributed by atoms with Crippen molar-refractivity contribution in [3.05, 3.63) is 23.8 Å². The molecular weight excluding hydrogens is 382 g/mol. The molecule has 3 atom stereocenters. The van der Waals surface area contributed by atoms with Gasteiger partial charge in [-0.15, -0.1) is 12.4 Å². The monoisotopic (exact) mass is 413 g/mol. The fourth-order valence-electron chi connectivity index (χ4n) is 3.15. The maximum Gasteiger partial charge on any atom is 0.252 e. The van der Waals surface area contributed by atoms with Gasteiger partial charge in [-0.25, -0.2) is 0 Å². The molecule has 2 rings (SSSR count). The Morgan fingerprint density at radius 2 is 1.75 bits per heavy atom. The average molecular weight is 414 g/mol. The van der Waals surface area contributed by atoms with Crippen molar-refractivity contribution in [1.29, 1.82) is 0 Å². The van der Waals surface area contributed by atoms with Crippen LogP contribution in [0.3, 0.4) is 0 Å². The van der Waals surface area contributed by atoms with Crippen LogP contribution in [0.4, 0.5) is 0 Å². The van der Waals surface area contributed by atoms with Gasteiger partial charge in [0.1, 0.15) is 17.5 Å². The van der Waals surface area contributed by atoms with Gasteiger partial charge in [-0.3, -0.25) is 9.59 Å². The van der Waals surface area contributed by atoms with Crippen LogP contribution in [0.2, 0.25) is 0 Å². The van der Waals surface area contributed by atoms with Crippen molar-refractivity contribution >= 4 is 24.2 Å². The Morgan fingerprint density at radius 3 is 2.25 bits per heavy atom. The Balaban J connectivity index is 0.00000392. The lowest BCUT2D eigenvalue weighted by Gasteiger charge is -2.32. The number of ether oxygens (including phenoxy) is 2. The number of hydrogen-bond donors (Lipinski definition) is 3. The van der Waals surface area contributed by atoms with Crippen LogP contribution >= 0.6 is 12.4 Å². The van der Waals surface area contributed by atoms with E-state index in [1.165, 1.54) is 14.2 Å². The number of piperidine rings is 1. The molecule has 1 aromatic carbocycles. The van der Waals surface area contributed by atoms with E-state index in [9.17, 15) is 9.59 Å². The van der Waals surface area contributed by atoms with Gasteiger partial charge < -0.3 is 25.4 Å². The van der Waals surface area contributed by atoms with Crippen LogP contribution in [-0.4, -0.2) is 51.2 Å². The first kappa shape index (κ1) is 24.0. The topological polar surface area (TPSA) is 88.7 Å². The van der Waals surface area contributed by atoms with E-state index < -0.39 is 6.04 Å². The van der Waals surface area contributed by atoms with Crippen LogP contribution in [0.5, 0.6) is 11.5 Å². The zero-order valence-electron chi connectivity index (χ0n) is 17.2. The smallest absolute Gasteiger partial charge is 0.252 e. The van der Waals surface area contributed by atoms with E-state index in [0.717, 1.165) is 19.5 Å². The fraction of sp³-hybridized carbons (Fsp3) is 0.600. The Bertz CT molecular complexity index is 647. The van der Waals surface area contributed by atoms with Crippen LogP contribution in [-0.2, 0) is 4.79 Å². The first-order valence-corrected chi connectivity index (χ1v) is 9.40. The van der Waals surface area contributed by atoms with Gasteiger partial charge in [0.15, 0.2) is 0 Å². The summed E-state index contributed by atoms with van der Waals surface area (Å²) in [5.41, 5.74) is 0.386. The number of amides is 2. The van der Waals surface area contributed by atoms with E-state index in [1.807, 2.05) is 13.8 Å². The largest absolute Gasteiger partial charge is 0.497 e. The zero-order valence-corrected chi connectivity index (χ0v) is 18.0. The number of carbonyl (C=O) groups is 2. The molecule has 158 valence electrons. The van der Waals surface area contributed by atoms with Gasteiger partial charge in [0, 0.05) is 24.2 Å². The molecule has 1 saturated heterocycles. The first-order chi connectivity index (χ1) is 12.8. The van der Waals surface area contributed by atoms with E-state index in [4.69, 9.17) is 9.47 Å². The molecule has 0 bridgehead atoms. The predicted octanol–water partition coefficient (Wildman–Crippen LogP) is 1.99. The Kier molecular flexibility index (Phi) is 9.55. The second-order valence-corrected chi connectivity index (χ2v) is 7.38. The molecule has 0 spiro atoms. The highest BCUT2D eigenvalue weighted by atomic mass is 35.5. The third-order valence-corrected chi connectivity index (χ3v) is 5.00. The quantitative estimate of drug-likeness (QED) is 0.636. The number of benzene rings is 1. The molecule has 3 unspecified atom stereocenters. The fourth-order valence-corrected chi connectivity index (χ4v) is 3.15. The van der Waals surface area contributed by atoms with Crippen molar-refractivity contribution in [2.24, 2.45) is 11.8 Å². The van der Waals surface area contributed by atoms with Crippen molar-refractivity contribution in [1.82, 2.24) is 16.0 Å². The summed E-state index contributed by atoms with van der Waals surface area (Å²) in [6.07, 6.45) is 1.02. The summed E-state index contributed by atoms with van der Waals surface area (Å²) in [4.78, 5) is 25.6. The molecule has 0 radical (unpaired) electrons. The van der Waals surface area contributed by atoms with Crippen LogP contribution < -0.4 is 25.4 Å². The molecule has 0 saturated carbocycles. The van der Waals surface area contributed by atoms with Crippen LogP contribution in [0.1, 0.15) is 37.6 Å². The highest BCUT2D eigenvalue weighted by Crippen LogP contribution is 2.22. The summed E-state index contributed by atoms with van der Waals surface area (Å²) in [5, 5.41) is 9.24. The summed E-state index contributed by atoms with van der Waals surface area (Å²) < 4.78 is 10.4. The molecule has 1 heterocycles. The van der Waals surface area contributed by atoms with Gasteiger partial charge >= 0.3 is 0 Å². The molecule has 1 aliphatic rings. The van der Waals surface area contributed by atoms with Gasteiger partial charge in [-0.2, -0.15) is 0 Å². The second kappa shape index (κ2) is 11.1. The average Bonchev–Trinajstić information content (AvgIpc) is 2.66. The Hall–Kier alpha value is -1.99. The molecule has 7 nitrogen and oxygen atoms in total. The first-order valence-electron chi connectivity index (χ1n) is 9.40. The lowest BCUT2D eigenvalue weighted by atomic mass is 9.93. The molecule has 1 aliphatic heterocycles. The predicted molar refractivity (Wildman–Crippen MR) is 111 cm³/mol. The minimum atomic E-state index is -0.621. The van der Waals surface area contributed by atoms with Gasteiger partial charge in [0.05, 0.1) is 14.2 Å². The normalized spacial score (nSPS) is 19.9. The molecule has 28 heavy (non-hydrogen) atoms. The minimum absolute atomic E-state index is 0. The summed E-state index contributed by atoms with van der Waals surface area (Å²) in [6, 6.07) is 4.40. The van der Waals surface area contributed by atoms with E-state index >= 15 is 0 Å². The molecular formula is C20H32ClN3O4. The highest BCUT2D eigenvalue weighted by Gasteiger charge is 2.29. The molecule has 2 amide bonds. The van der Waals surface area contributed by atoms with Crippen molar-refractivity contribution in [2.45, 2.75) is 39.3 Å². The number of carbonyl (C=O) groups excluding carboxylic acids is 2. The maximum atomic E-state index is 12.8. The Morgan fingerprint density at radius 1 is 1.14 bits per heavy atom.